The van der Waals surface area contributed by atoms with E-state index in [1.807, 2.05) is 24.4 Å². The molecule has 0 radical (unpaired) electrons. The van der Waals surface area contributed by atoms with Crippen molar-refractivity contribution in [2.45, 2.75) is 25.7 Å². The molecule has 1 fully saturated rings. The first-order chi connectivity index (χ1) is 7.35. The lowest BCUT2D eigenvalue weighted by atomic mass is 9.86. The Morgan fingerprint density at radius 1 is 1.33 bits per heavy atom. The van der Waals surface area contributed by atoms with Gasteiger partial charge in [0.25, 0.3) is 0 Å². The Balaban J connectivity index is 1.92. The molecule has 0 aromatic carbocycles. The number of pyridine rings is 1. The van der Waals surface area contributed by atoms with Crippen LogP contribution < -0.4 is 11.1 Å². The minimum absolute atomic E-state index is 0.317. The lowest BCUT2D eigenvalue weighted by Gasteiger charge is -2.27. The molecule has 82 valence electrons. The summed E-state index contributed by atoms with van der Waals surface area (Å²) in [6.45, 7) is 1.74. The summed E-state index contributed by atoms with van der Waals surface area (Å²) in [6.07, 6.45) is 6.96. The highest BCUT2D eigenvalue weighted by Crippen LogP contribution is 2.36. The van der Waals surface area contributed by atoms with E-state index in [1.54, 1.807) is 0 Å². The van der Waals surface area contributed by atoms with Gasteiger partial charge < -0.3 is 11.1 Å². The maximum absolute atomic E-state index is 5.87. The molecule has 3 N–H and O–H groups in total. The van der Waals surface area contributed by atoms with Crippen LogP contribution in [-0.2, 0) is 0 Å². The second-order valence-electron chi connectivity index (χ2n) is 4.48. The van der Waals surface area contributed by atoms with E-state index in [2.05, 4.69) is 10.3 Å². The molecule has 3 heteroatoms. The molecule has 1 heterocycles. The molecular formula is C12H19N3. The average Bonchev–Trinajstić information content (AvgIpc) is 2.77. The standard InChI is InChI=1S/C12H19N3/c13-9-12(6-2-3-7-12)10-15-11-5-1-4-8-14-11/h1,4-5,8H,2-3,6-7,9-10,13H2,(H,14,15). The molecule has 0 bridgehead atoms. The van der Waals surface area contributed by atoms with E-state index in [9.17, 15) is 0 Å². The lowest BCUT2D eigenvalue weighted by Crippen LogP contribution is -2.34. The molecule has 1 aliphatic carbocycles. The maximum Gasteiger partial charge on any atom is 0.125 e. The van der Waals surface area contributed by atoms with Crippen LogP contribution in [0, 0.1) is 5.41 Å². The summed E-state index contributed by atoms with van der Waals surface area (Å²) in [5.41, 5.74) is 6.19. The van der Waals surface area contributed by atoms with Crippen molar-refractivity contribution in [1.29, 1.82) is 0 Å². The second-order valence-corrected chi connectivity index (χ2v) is 4.48. The van der Waals surface area contributed by atoms with Gasteiger partial charge in [0, 0.05) is 12.7 Å². The first kappa shape index (κ1) is 10.4. The monoisotopic (exact) mass is 205 g/mol. The van der Waals surface area contributed by atoms with Crippen molar-refractivity contribution in [3.8, 4) is 0 Å². The summed E-state index contributed by atoms with van der Waals surface area (Å²) in [7, 11) is 0. The van der Waals surface area contributed by atoms with Gasteiger partial charge in [0.05, 0.1) is 0 Å². The van der Waals surface area contributed by atoms with E-state index >= 15 is 0 Å². The number of nitrogens with one attached hydrogen (secondary N) is 1. The van der Waals surface area contributed by atoms with Crippen LogP contribution in [0.1, 0.15) is 25.7 Å². The summed E-state index contributed by atoms with van der Waals surface area (Å²) in [4.78, 5) is 4.25. The van der Waals surface area contributed by atoms with Crippen LogP contribution in [0.5, 0.6) is 0 Å². The minimum Gasteiger partial charge on any atom is -0.369 e. The fraction of sp³-hybridized carbons (Fsp3) is 0.583. The smallest absolute Gasteiger partial charge is 0.125 e. The predicted octanol–water partition coefficient (Wildman–Crippen LogP) is 2.01. The number of rotatable bonds is 4. The van der Waals surface area contributed by atoms with Gasteiger partial charge in [0.2, 0.25) is 0 Å². The average molecular weight is 205 g/mol. The van der Waals surface area contributed by atoms with Gasteiger partial charge in [-0.05, 0) is 36.9 Å². The normalized spacial score (nSPS) is 19.0. The molecule has 2 rings (SSSR count). The minimum atomic E-state index is 0.317. The molecule has 3 nitrogen and oxygen atoms in total. The Morgan fingerprint density at radius 2 is 2.13 bits per heavy atom. The van der Waals surface area contributed by atoms with E-state index in [4.69, 9.17) is 5.73 Å². The van der Waals surface area contributed by atoms with Gasteiger partial charge in [-0.3, -0.25) is 0 Å². The Labute approximate surface area is 91.1 Å². The number of hydrogen-bond acceptors (Lipinski definition) is 3. The summed E-state index contributed by atoms with van der Waals surface area (Å²) in [6, 6.07) is 5.93. The molecule has 15 heavy (non-hydrogen) atoms. The summed E-state index contributed by atoms with van der Waals surface area (Å²) < 4.78 is 0. The van der Waals surface area contributed by atoms with Crippen LogP contribution in [0.2, 0.25) is 0 Å². The summed E-state index contributed by atoms with van der Waals surface area (Å²) >= 11 is 0. The molecular weight excluding hydrogens is 186 g/mol. The highest BCUT2D eigenvalue weighted by molar-refractivity contribution is 5.33. The fourth-order valence-electron chi connectivity index (χ4n) is 2.32. The van der Waals surface area contributed by atoms with Gasteiger partial charge in [0.1, 0.15) is 5.82 Å². The van der Waals surface area contributed by atoms with E-state index in [0.29, 0.717) is 5.41 Å². The van der Waals surface area contributed by atoms with Crippen LogP contribution in [0.25, 0.3) is 0 Å². The van der Waals surface area contributed by atoms with Crippen molar-refractivity contribution in [2.75, 3.05) is 18.4 Å². The number of anilines is 1. The van der Waals surface area contributed by atoms with Crippen LogP contribution >= 0.6 is 0 Å². The van der Waals surface area contributed by atoms with Crippen molar-refractivity contribution >= 4 is 5.82 Å². The second kappa shape index (κ2) is 4.62. The van der Waals surface area contributed by atoms with E-state index in [-0.39, 0.29) is 0 Å². The zero-order valence-electron chi connectivity index (χ0n) is 9.08. The van der Waals surface area contributed by atoms with E-state index < -0.39 is 0 Å². The van der Waals surface area contributed by atoms with Crippen LogP contribution in [-0.4, -0.2) is 18.1 Å². The third-order valence-corrected chi connectivity index (χ3v) is 3.41. The number of nitrogens with zero attached hydrogens (tertiary/aromatic N) is 1. The Bertz CT molecular complexity index is 291. The van der Waals surface area contributed by atoms with Gasteiger partial charge >= 0.3 is 0 Å². The van der Waals surface area contributed by atoms with Crippen LogP contribution in [0.4, 0.5) is 5.82 Å². The lowest BCUT2D eigenvalue weighted by molar-refractivity contribution is 0.332. The zero-order valence-corrected chi connectivity index (χ0v) is 9.08. The molecule has 0 spiro atoms. The topological polar surface area (TPSA) is 50.9 Å². The molecule has 1 saturated carbocycles. The molecule has 0 aliphatic heterocycles. The Kier molecular flexibility index (Phi) is 3.21. The molecule has 0 saturated heterocycles. The van der Waals surface area contributed by atoms with E-state index in [1.165, 1.54) is 25.7 Å². The van der Waals surface area contributed by atoms with Gasteiger partial charge in [-0.2, -0.15) is 0 Å². The molecule has 0 unspecified atom stereocenters. The fourth-order valence-corrected chi connectivity index (χ4v) is 2.32. The third-order valence-electron chi connectivity index (χ3n) is 3.41. The van der Waals surface area contributed by atoms with Gasteiger partial charge in [0.15, 0.2) is 0 Å². The number of aromatic nitrogens is 1. The largest absolute Gasteiger partial charge is 0.369 e. The van der Waals surface area contributed by atoms with Crippen molar-refractivity contribution in [1.82, 2.24) is 4.98 Å². The number of nitrogens with two attached hydrogens (primary N) is 1. The van der Waals surface area contributed by atoms with Gasteiger partial charge in [-0.25, -0.2) is 4.98 Å². The summed E-state index contributed by atoms with van der Waals surface area (Å²) in [5.74, 6) is 0.956. The Hall–Kier alpha value is -1.09. The predicted molar refractivity (Wildman–Crippen MR) is 62.7 cm³/mol. The molecule has 1 aliphatic rings. The molecule has 0 amide bonds. The van der Waals surface area contributed by atoms with Crippen LogP contribution in [0.3, 0.4) is 0 Å². The highest BCUT2D eigenvalue weighted by atomic mass is 15.0. The molecule has 1 aromatic heterocycles. The van der Waals surface area contributed by atoms with Crippen molar-refractivity contribution in [3.63, 3.8) is 0 Å². The summed E-state index contributed by atoms with van der Waals surface area (Å²) in [5, 5.41) is 3.39. The van der Waals surface area contributed by atoms with Crippen molar-refractivity contribution in [2.24, 2.45) is 11.1 Å². The van der Waals surface area contributed by atoms with Crippen molar-refractivity contribution < 1.29 is 0 Å². The van der Waals surface area contributed by atoms with E-state index in [0.717, 1.165) is 18.9 Å². The quantitative estimate of drug-likeness (QED) is 0.790. The first-order valence-corrected chi connectivity index (χ1v) is 5.70. The van der Waals surface area contributed by atoms with Crippen LogP contribution in [0.15, 0.2) is 24.4 Å². The Morgan fingerprint density at radius 3 is 2.73 bits per heavy atom. The van der Waals surface area contributed by atoms with Gasteiger partial charge in [-0.15, -0.1) is 0 Å². The highest BCUT2D eigenvalue weighted by Gasteiger charge is 2.32. The molecule has 0 atom stereocenters. The first-order valence-electron chi connectivity index (χ1n) is 5.70. The maximum atomic E-state index is 5.87. The van der Waals surface area contributed by atoms with Gasteiger partial charge in [-0.1, -0.05) is 18.9 Å². The third kappa shape index (κ3) is 2.48. The number of hydrogen-bond donors (Lipinski definition) is 2. The zero-order chi connectivity index (χ0) is 10.6. The van der Waals surface area contributed by atoms with Crippen molar-refractivity contribution in [3.05, 3.63) is 24.4 Å². The SMILES string of the molecule is NCC1(CNc2ccccn2)CCCC1. The molecule has 1 aromatic rings.